The standard InChI is InChI=1S/C25H24N2O5S/c1-26(2)16-6-5-7-17(14-16)31-24(30)27-12-10-25(11-13-27)15-33-23-21(29)20(28)18-8-3-4-9-19(18)22(23)32-25/h3-9,14H,10-13,15H2,1-2H3. The number of piperidine rings is 1. The molecule has 33 heavy (non-hydrogen) atoms. The van der Waals surface area contributed by atoms with E-state index in [-0.39, 0.29) is 6.09 Å². The minimum Gasteiger partial charge on any atom is -0.484 e. The highest BCUT2D eigenvalue weighted by Gasteiger charge is 2.46. The number of benzene rings is 2. The third-order valence-corrected chi connectivity index (χ3v) is 7.64. The number of thioether (sulfide) groups is 1. The number of carbonyl (C=O) groups excluding carboxylic acids is 3. The lowest BCUT2D eigenvalue weighted by atomic mass is 9.90. The van der Waals surface area contributed by atoms with Crippen LogP contribution in [0.15, 0.2) is 53.4 Å². The maximum atomic E-state index is 12.7. The summed E-state index contributed by atoms with van der Waals surface area (Å²) in [5, 5.41) is 0. The van der Waals surface area contributed by atoms with Gasteiger partial charge in [0.15, 0.2) is 0 Å². The molecule has 2 aromatic rings. The molecule has 1 saturated heterocycles. The number of rotatable bonds is 2. The van der Waals surface area contributed by atoms with Crippen LogP contribution in [0.3, 0.4) is 0 Å². The van der Waals surface area contributed by atoms with Crippen molar-refractivity contribution >= 4 is 40.9 Å². The van der Waals surface area contributed by atoms with Crippen molar-refractivity contribution in [2.45, 2.75) is 18.4 Å². The van der Waals surface area contributed by atoms with Gasteiger partial charge in [-0.3, -0.25) is 9.59 Å². The first kappa shape index (κ1) is 21.6. The van der Waals surface area contributed by atoms with E-state index in [2.05, 4.69) is 0 Å². The van der Waals surface area contributed by atoms with Crippen molar-refractivity contribution in [3.63, 3.8) is 0 Å². The highest BCUT2D eigenvalue weighted by molar-refractivity contribution is 8.04. The number of carbonyl (C=O) groups is 3. The summed E-state index contributed by atoms with van der Waals surface area (Å²) in [4.78, 5) is 41.8. The first-order valence-electron chi connectivity index (χ1n) is 10.9. The highest BCUT2D eigenvalue weighted by Crippen LogP contribution is 2.47. The van der Waals surface area contributed by atoms with Crippen LogP contribution in [0.2, 0.25) is 0 Å². The number of fused-ring (bicyclic) bond motifs is 2. The molecule has 0 aromatic heterocycles. The van der Waals surface area contributed by atoms with E-state index in [4.69, 9.17) is 9.47 Å². The Morgan fingerprint density at radius 1 is 1.03 bits per heavy atom. The second-order valence-electron chi connectivity index (χ2n) is 8.68. The van der Waals surface area contributed by atoms with Gasteiger partial charge in [-0.25, -0.2) is 4.79 Å². The molecule has 1 amide bonds. The number of hydrogen-bond acceptors (Lipinski definition) is 7. The Hall–Kier alpha value is -3.26. The fraction of sp³-hybridized carbons (Fsp3) is 0.320. The molecule has 2 heterocycles. The lowest BCUT2D eigenvalue weighted by Gasteiger charge is -2.45. The van der Waals surface area contributed by atoms with Gasteiger partial charge in [0.05, 0.1) is 0 Å². The van der Waals surface area contributed by atoms with Crippen molar-refractivity contribution in [2.75, 3.05) is 37.8 Å². The van der Waals surface area contributed by atoms with Gasteiger partial charge >= 0.3 is 6.09 Å². The van der Waals surface area contributed by atoms with Gasteiger partial charge in [-0.2, -0.15) is 0 Å². The van der Waals surface area contributed by atoms with Crippen molar-refractivity contribution in [1.29, 1.82) is 0 Å². The zero-order valence-electron chi connectivity index (χ0n) is 18.5. The Labute approximate surface area is 196 Å². The number of ether oxygens (including phenoxy) is 2. The highest BCUT2D eigenvalue weighted by atomic mass is 32.2. The van der Waals surface area contributed by atoms with Crippen molar-refractivity contribution in [2.24, 2.45) is 0 Å². The molecule has 0 radical (unpaired) electrons. The van der Waals surface area contributed by atoms with E-state index in [0.29, 0.717) is 59.2 Å². The predicted molar refractivity (Wildman–Crippen MR) is 127 cm³/mol. The summed E-state index contributed by atoms with van der Waals surface area (Å²) in [6.07, 6.45) is 0.856. The molecule has 0 N–H and O–H groups in total. The van der Waals surface area contributed by atoms with Gasteiger partial charge in [0.25, 0.3) is 0 Å². The monoisotopic (exact) mass is 464 g/mol. The quantitative estimate of drug-likeness (QED) is 0.622. The van der Waals surface area contributed by atoms with Crippen LogP contribution >= 0.6 is 11.8 Å². The zero-order chi connectivity index (χ0) is 23.2. The normalized spacial score (nSPS) is 19.0. The number of nitrogens with zero attached hydrogens (tertiary/aromatic N) is 2. The van der Waals surface area contributed by atoms with Gasteiger partial charge in [-0.05, 0) is 12.1 Å². The number of likely N-dealkylation sites (tertiary alicyclic amines) is 1. The Bertz CT molecular complexity index is 1180. The number of hydrogen-bond donors (Lipinski definition) is 0. The number of allylic oxidation sites excluding steroid dienone is 1. The van der Waals surface area contributed by atoms with Crippen LogP contribution < -0.4 is 9.64 Å². The average molecular weight is 465 g/mol. The van der Waals surface area contributed by atoms with Crippen LogP contribution in [0.25, 0.3) is 5.76 Å². The molecule has 8 heteroatoms. The zero-order valence-corrected chi connectivity index (χ0v) is 19.3. The maximum Gasteiger partial charge on any atom is 0.415 e. The van der Waals surface area contributed by atoms with Gasteiger partial charge in [-0.15, -0.1) is 11.8 Å². The molecule has 2 aliphatic heterocycles. The van der Waals surface area contributed by atoms with Gasteiger partial charge in [0, 0.05) is 68.7 Å². The number of Topliss-reactive ketones (excluding diaryl/α,β-unsaturated/α-hetero) is 2. The SMILES string of the molecule is CN(C)c1cccc(OC(=O)N2CCC3(CC2)CSC2=C(O3)c3ccccc3C(=O)C2=O)c1. The second kappa shape index (κ2) is 8.26. The van der Waals surface area contributed by atoms with Gasteiger partial charge in [0.1, 0.15) is 22.0 Å². The summed E-state index contributed by atoms with van der Waals surface area (Å²) in [6.45, 7) is 0.980. The molecule has 170 valence electrons. The Morgan fingerprint density at radius 2 is 1.76 bits per heavy atom. The van der Waals surface area contributed by atoms with Crippen LogP contribution in [0.4, 0.5) is 10.5 Å². The smallest absolute Gasteiger partial charge is 0.415 e. The molecule has 7 nitrogen and oxygen atoms in total. The lowest BCUT2D eigenvalue weighted by Crippen LogP contribution is -2.51. The average Bonchev–Trinajstić information content (AvgIpc) is 2.83. The fourth-order valence-electron chi connectivity index (χ4n) is 4.35. The largest absolute Gasteiger partial charge is 0.484 e. The number of anilines is 1. The van der Waals surface area contributed by atoms with E-state index in [9.17, 15) is 14.4 Å². The van der Waals surface area contributed by atoms with Gasteiger partial charge in [-0.1, -0.05) is 30.3 Å². The Balaban J connectivity index is 1.28. The molecule has 1 fully saturated rings. The van der Waals surface area contributed by atoms with Crippen LogP contribution in [-0.2, 0) is 9.53 Å². The number of ketones is 2. The molecule has 0 bridgehead atoms. The van der Waals surface area contributed by atoms with Crippen LogP contribution in [0.5, 0.6) is 5.75 Å². The van der Waals surface area contributed by atoms with Crippen LogP contribution in [0, 0.1) is 0 Å². The van der Waals surface area contributed by atoms with Gasteiger partial charge < -0.3 is 19.3 Å². The molecule has 3 aliphatic rings. The second-order valence-corrected chi connectivity index (χ2v) is 9.67. The third kappa shape index (κ3) is 3.88. The minimum absolute atomic E-state index is 0.382. The molecular weight excluding hydrogens is 440 g/mol. The van der Waals surface area contributed by atoms with E-state index < -0.39 is 17.2 Å². The first-order valence-corrected chi connectivity index (χ1v) is 11.8. The minimum atomic E-state index is -0.496. The van der Waals surface area contributed by atoms with Gasteiger partial charge in [0.2, 0.25) is 11.6 Å². The molecule has 0 unspecified atom stereocenters. The summed E-state index contributed by atoms with van der Waals surface area (Å²) < 4.78 is 12.1. The van der Waals surface area contributed by atoms with Crippen molar-refractivity contribution in [3.05, 3.63) is 64.6 Å². The number of amides is 1. The molecule has 0 saturated carbocycles. The molecule has 1 aliphatic carbocycles. The summed E-state index contributed by atoms with van der Waals surface area (Å²) in [5.41, 5.74) is 1.53. The van der Waals surface area contributed by atoms with Crippen molar-refractivity contribution in [3.8, 4) is 5.75 Å². The molecule has 5 rings (SSSR count). The molecule has 2 aromatic carbocycles. The summed E-state index contributed by atoms with van der Waals surface area (Å²) in [7, 11) is 3.87. The van der Waals surface area contributed by atoms with E-state index in [1.165, 1.54) is 11.8 Å². The summed E-state index contributed by atoms with van der Waals surface area (Å²) >= 11 is 1.39. The predicted octanol–water partition coefficient (Wildman–Crippen LogP) is 3.98. The fourth-order valence-corrected chi connectivity index (χ4v) is 5.61. The lowest BCUT2D eigenvalue weighted by molar-refractivity contribution is -0.111. The van der Waals surface area contributed by atoms with E-state index in [1.54, 1.807) is 23.1 Å². The Kier molecular flexibility index (Phi) is 5.40. The van der Waals surface area contributed by atoms with E-state index in [1.807, 2.05) is 49.3 Å². The molecule has 1 spiro atoms. The van der Waals surface area contributed by atoms with E-state index >= 15 is 0 Å². The van der Waals surface area contributed by atoms with E-state index in [0.717, 1.165) is 5.69 Å². The van der Waals surface area contributed by atoms with Crippen LogP contribution in [0.1, 0.15) is 28.8 Å². The molecular formula is C25H24N2O5S. The third-order valence-electron chi connectivity index (χ3n) is 6.31. The first-order chi connectivity index (χ1) is 15.9. The van der Waals surface area contributed by atoms with Crippen LogP contribution in [-0.4, -0.2) is 61.1 Å². The topological polar surface area (TPSA) is 76.2 Å². The summed E-state index contributed by atoms with van der Waals surface area (Å²) in [6, 6.07) is 14.5. The van der Waals surface area contributed by atoms with Crippen molar-refractivity contribution in [1.82, 2.24) is 4.90 Å². The molecule has 0 atom stereocenters. The maximum absolute atomic E-state index is 12.7. The Morgan fingerprint density at radius 3 is 2.48 bits per heavy atom. The summed E-state index contributed by atoms with van der Waals surface area (Å²) in [5.74, 6) is 0.605. The van der Waals surface area contributed by atoms with Crippen molar-refractivity contribution < 1.29 is 23.9 Å².